The minimum absolute atomic E-state index is 0.0445. The Hall–Kier alpha value is -4.37. The van der Waals surface area contributed by atoms with Gasteiger partial charge in [0.25, 0.3) is 0 Å². The van der Waals surface area contributed by atoms with Crippen molar-refractivity contribution in [2.75, 3.05) is 40.5 Å². The van der Waals surface area contributed by atoms with Crippen LogP contribution < -0.4 is 9.47 Å². The van der Waals surface area contributed by atoms with Gasteiger partial charge in [-0.3, -0.25) is 9.59 Å². The molecule has 1 heterocycles. The van der Waals surface area contributed by atoms with E-state index < -0.39 is 23.5 Å². The first-order valence-electron chi connectivity index (χ1n) is 16.3. The van der Waals surface area contributed by atoms with Crippen LogP contribution >= 0.6 is 0 Å². The number of carbonyl (C=O) groups is 3. The van der Waals surface area contributed by atoms with Crippen LogP contribution in [-0.4, -0.2) is 79.7 Å². The standard InChI is InChI=1S/C38H46N2O7/c1-38(2,3)47-37(43)39-24-33(35(34(41)25-39)29-14-9-13-28(21-29)27-11-7-6-8-12-27)36(42)40(30-15-16-30)23-26-19-31(45-5)22-32(20-26)46-18-10-17-44-4/h6-9,11-14,19-22,30,33,35H,10,15-18,23-25H2,1-5H3/t33-,35+/m0/s1. The fourth-order valence-corrected chi connectivity index (χ4v) is 6.06. The maximum Gasteiger partial charge on any atom is 0.410 e. The fraction of sp³-hybridized carbons (Fsp3) is 0.447. The molecule has 9 heteroatoms. The van der Waals surface area contributed by atoms with Crippen molar-refractivity contribution >= 4 is 17.8 Å². The predicted octanol–water partition coefficient (Wildman–Crippen LogP) is 6.49. The van der Waals surface area contributed by atoms with Gasteiger partial charge >= 0.3 is 6.09 Å². The molecule has 0 radical (unpaired) electrons. The zero-order chi connectivity index (χ0) is 33.6. The first-order chi connectivity index (χ1) is 22.6. The Morgan fingerprint density at radius 2 is 1.62 bits per heavy atom. The van der Waals surface area contributed by atoms with E-state index in [2.05, 4.69) is 0 Å². The average molecular weight is 643 g/mol. The zero-order valence-corrected chi connectivity index (χ0v) is 28.1. The minimum atomic E-state index is -0.786. The highest BCUT2D eigenvalue weighted by Crippen LogP contribution is 2.38. The van der Waals surface area contributed by atoms with Gasteiger partial charge in [-0.1, -0.05) is 54.6 Å². The highest BCUT2D eigenvalue weighted by atomic mass is 16.6. The molecule has 0 aromatic heterocycles. The largest absolute Gasteiger partial charge is 0.497 e. The summed E-state index contributed by atoms with van der Waals surface area (Å²) in [4.78, 5) is 45.2. The summed E-state index contributed by atoms with van der Waals surface area (Å²) in [6.07, 6.45) is 1.90. The Kier molecular flexibility index (Phi) is 10.9. The van der Waals surface area contributed by atoms with Gasteiger partial charge in [0, 0.05) is 45.3 Å². The van der Waals surface area contributed by atoms with Crippen molar-refractivity contribution in [1.29, 1.82) is 0 Å². The maximum atomic E-state index is 14.7. The molecule has 0 spiro atoms. The number of nitrogens with zero attached hydrogens (tertiary/aromatic N) is 2. The number of ether oxygens (including phenoxy) is 4. The van der Waals surface area contributed by atoms with Gasteiger partial charge in [-0.15, -0.1) is 0 Å². The van der Waals surface area contributed by atoms with Gasteiger partial charge < -0.3 is 28.7 Å². The number of ketones is 1. The SMILES string of the molecule is COCCCOc1cc(CN(C(=O)[C@H]2CN(C(=O)OC(C)(C)C)CC(=O)[C@@H]2c2cccc(-c3ccccc3)c2)C2CC2)cc(OC)c1. The second-order valence-electron chi connectivity index (χ2n) is 13.3. The molecule has 47 heavy (non-hydrogen) atoms. The fourth-order valence-electron chi connectivity index (χ4n) is 6.06. The van der Waals surface area contributed by atoms with E-state index in [-0.39, 0.29) is 30.8 Å². The number of Topliss-reactive ketones (excluding diaryl/α,β-unsaturated/α-hetero) is 1. The first-order valence-corrected chi connectivity index (χ1v) is 16.3. The number of piperidine rings is 1. The van der Waals surface area contributed by atoms with Gasteiger partial charge in [0.05, 0.1) is 32.1 Å². The number of benzene rings is 3. The van der Waals surface area contributed by atoms with Crippen molar-refractivity contribution in [2.24, 2.45) is 5.92 Å². The maximum absolute atomic E-state index is 14.7. The van der Waals surface area contributed by atoms with E-state index in [9.17, 15) is 14.4 Å². The Labute approximate surface area is 277 Å². The monoisotopic (exact) mass is 642 g/mol. The number of carbonyl (C=O) groups excluding carboxylic acids is 3. The van der Waals surface area contributed by atoms with E-state index in [0.717, 1.165) is 41.5 Å². The number of hydrogen-bond donors (Lipinski definition) is 0. The van der Waals surface area contributed by atoms with Gasteiger partial charge in [-0.05, 0) is 68.0 Å². The van der Waals surface area contributed by atoms with Crippen LogP contribution in [0.25, 0.3) is 11.1 Å². The summed E-state index contributed by atoms with van der Waals surface area (Å²) in [5.41, 5.74) is 2.87. The van der Waals surface area contributed by atoms with Crippen LogP contribution in [0.5, 0.6) is 11.5 Å². The molecule has 0 N–H and O–H groups in total. The molecule has 0 unspecified atom stereocenters. The second kappa shape index (κ2) is 15.0. The van der Waals surface area contributed by atoms with Gasteiger partial charge in [0.15, 0.2) is 5.78 Å². The molecule has 9 nitrogen and oxygen atoms in total. The number of likely N-dealkylation sites (tertiary alicyclic amines) is 1. The van der Waals surface area contributed by atoms with Crippen LogP contribution in [0.3, 0.4) is 0 Å². The summed E-state index contributed by atoms with van der Waals surface area (Å²) >= 11 is 0. The summed E-state index contributed by atoms with van der Waals surface area (Å²) < 4.78 is 22.3. The summed E-state index contributed by atoms with van der Waals surface area (Å²) in [7, 11) is 3.26. The molecule has 2 amide bonds. The van der Waals surface area contributed by atoms with Crippen LogP contribution in [0, 0.1) is 5.92 Å². The third-order valence-corrected chi connectivity index (χ3v) is 8.40. The summed E-state index contributed by atoms with van der Waals surface area (Å²) in [6.45, 7) is 6.72. The quantitative estimate of drug-likeness (QED) is 0.209. The van der Waals surface area contributed by atoms with Crippen LogP contribution in [0.2, 0.25) is 0 Å². The van der Waals surface area contributed by atoms with E-state index in [1.54, 1.807) is 35.0 Å². The molecular weight excluding hydrogens is 596 g/mol. The van der Waals surface area contributed by atoms with Crippen molar-refractivity contribution in [1.82, 2.24) is 9.80 Å². The molecule has 3 aromatic carbocycles. The number of amides is 2. The molecule has 0 bridgehead atoms. The minimum Gasteiger partial charge on any atom is -0.497 e. The normalized spacial score (nSPS) is 18.1. The molecule has 2 atom stereocenters. The van der Waals surface area contributed by atoms with Crippen LogP contribution in [0.15, 0.2) is 72.8 Å². The molecular formula is C38H46N2O7. The lowest BCUT2D eigenvalue weighted by molar-refractivity contribution is -0.143. The van der Waals surface area contributed by atoms with Gasteiger partial charge in [0.1, 0.15) is 17.1 Å². The Morgan fingerprint density at radius 1 is 0.894 bits per heavy atom. The van der Waals surface area contributed by atoms with E-state index in [4.69, 9.17) is 18.9 Å². The first kappa shape index (κ1) is 34.0. The van der Waals surface area contributed by atoms with Crippen LogP contribution in [-0.2, 0) is 25.6 Å². The molecule has 1 saturated carbocycles. The van der Waals surface area contributed by atoms with Crippen LogP contribution in [0.4, 0.5) is 4.79 Å². The highest BCUT2D eigenvalue weighted by molar-refractivity contribution is 5.97. The topological polar surface area (TPSA) is 94.6 Å². The molecule has 1 saturated heterocycles. The van der Waals surface area contributed by atoms with Crippen molar-refractivity contribution in [3.8, 4) is 22.6 Å². The van der Waals surface area contributed by atoms with E-state index in [0.29, 0.717) is 31.3 Å². The van der Waals surface area contributed by atoms with Gasteiger partial charge in [0.2, 0.25) is 5.91 Å². The van der Waals surface area contributed by atoms with Crippen LogP contribution in [0.1, 0.15) is 57.1 Å². The summed E-state index contributed by atoms with van der Waals surface area (Å²) in [5, 5.41) is 0. The zero-order valence-electron chi connectivity index (χ0n) is 28.1. The molecule has 1 aliphatic carbocycles. The lowest BCUT2D eigenvalue weighted by Crippen LogP contribution is -2.54. The molecule has 1 aliphatic heterocycles. The smallest absolute Gasteiger partial charge is 0.410 e. The molecule has 3 aromatic rings. The number of methoxy groups -OCH3 is 2. The highest BCUT2D eigenvalue weighted by Gasteiger charge is 2.46. The summed E-state index contributed by atoms with van der Waals surface area (Å²) in [5.74, 6) is -0.559. The van der Waals surface area contributed by atoms with E-state index in [1.165, 1.54) is 4.90 Å². The molecule has 2 fully saturated rings. The second-order valence-corrected chi connectivity index (χ2v) is 13.3. The molecule has 2 aliphatic rings. The Bertz CT molecular complexity index is 1550. The third kappa shape index (κ3) is 8.92. The van der Waals surface area contributed by atoms with Crippen molar-refractivity contribution in [2.45, 2.75) is 64.1 Å². The Morgan fingerprint density at radius 3 is 2.30 bits per heavy atom. The third-order valence-electron chi connectivity index (χ3n) is 8.40. The number of hydrogen-bond acceptors (Lipinski definition) is 7. The molecule has 5 rings (SSSR count). The van der Waals surface area contributed by atoms with Gasteiger partial charge in [-0.2, -0.15) is 0 Å². The molecule has 250 valence electrons. The van der Waals surface area contributed by atoms with E-state index >= 15 is 0 Å². The van der Waals surface area contributed by atoms with Gasteiger partial charge in [-0.25, -0.2) is 4.79 Å². The lowest BCUT2D eigenvalue weighted by Gasteiger charge is -2.39. The number of rotatable bonds is 12. The predicted molar refractivity (Wildman–Crippen MR) is 179 cm³/mol. The summed E-state index contributed by atoms with van der Waals surface area (Å²) in [6, 6.07) is 23.5. The van der Waals surface area contributed by atoms with E-state index in [1.807, 2.05) is 77.7 Å². The lowest BCUT2D eigenvalue weighted by atomic mass is 9.78. The Balaban J connectivity index is 1.47. The van der Waals surface area contributed by atoms with Crippen molar-refractivity contribution in [3.63, 3.8) is 0 Å². The van der Waals surface area contributed by atoms with Crippen molar-refractivity contribution in [3.05, 3.63) is 83.9 Å². The average Bonchev–Trinajstić information content (AvgIpc) is 3.90. The van der Waals surface area contributed by atoms with Crippen molar-refractivity contribution < 1.29 is 33.3 Å².